The van der Waals surface area contributed by atoms with E-state index >= 15 is 0 Å². The molecule has 1 saturated heterocycles. The normalized spacial score (nSPS) is 23.8. The number of carboxylic acids is 1. The third-order valence-corrected chi connectivity index (χ3v) is 4.59. The Balaban J connectivity index is 2.02. The number of ether oxygens (including phenoxy) is 1. The number of thiophene rings is 1. The average molecular weight is 311 g/mol. The molecule has 5 nitrogen and oxygen atoms in total. The minimum Gasteiger partial charge on any atom is -0.481 e. The van der Waals surface area contributed by atoms with Gasteiger partial charge in [0.1, 0.15) is 0 Å². The minimum absolute atomic E-state index is 0.0108. The maximum absolute atomic E-state index is 12.5. The van der Waals surface area contributed by atoms with Gasteiger partial charge in [-0.2, -0.15) is 0 Å². The van der Waals surface area contributed by atoms with Gasteiger partial charge in [0, 0.05) is 30.3 Å². The van der Waals surface area contributed by atoms with E-state index in [0.29, 0.717) is 13.1 Å². The van der Waals surface area contributed by atoms with Crippen LogP contribution in [0.2, 0.25) is 0 Å². The van der Waals surface area contributed by atoms with Crippen LogP contribution in [0.5, 0.6) is 0 Å². The third-order valence-electron chi connectivity index (χ3n) is 3.56. The van der Waals surface area contributed by atoms with Crippen molar-refractivity contribution in [3.05, 3.63) is 22.4 Å². The highest BCUT2D eigenvalue weighted by Gasteiger charge is 2.28. The first-order chi connectivity index (χ1) is 9.95. The molecule has 1 fully saturated rings. The van der Waals surface area contributed by atoms with E-state index in [4.69, 9.17) is 9.84 Å². The van der Waals surface area contributed by atoms with E-state index in [1.54, 1.807) is 4.90 Å². The quantitative estimate of drug-likeness (QED) is 0.906. The Bertz CT molecular complexity index is 478. The summed E-state index contributed by atoms with van der Waals surface area (Å²) in [5, 5.41) is 11.0. The first-order valence-electron chi connectivity index (χ1n) is 7.14. The fourth-order valence-electron chi connectivity index (χ4n) is 2.73. The second-order valence-corrected chi connectivity index (χ2v) is 6.55. The molecule has 3 atom stereocenters. The number of carboxylic acid groups (broad SMARTS) is 1. The number of hydrogen-bond acceptors (Lipinski definition) is 4. The Morgan fingerprint density at radius 3 is 2.57 bits per heavy atom. The molecule has 21 heavy (non-hydrogen) atoms. The van der Waals surface area contributed by atoms with Crippen molar-refractivity contribution in [2.45, 2.75) is 44.8 Å². The Kier molecular flexibility index (Phi) is 5.36. The van der Waals surface area contributed by atoms with Gasteiger partial charge < -0.3 is 14.7 Å². The highest BCUT2D eigenvalue weighted by molar-refractivity contribution is 7.10. The second kappa shape index (κ2) is 7.04. The number of rotatable bonds is 5. The van der Waals surface area contributed by atoms with Gasteiger partial charge in [0.05, 0.1) is 18.6 Å². The van der Waals surface area contributed by atoms with E-state index in [1.807, 2.05) is 31.4 Å². The molecule has 1 aromatic heterocycles. The predicted molar refractivity (Wildman–Crippen MR) is 80.5 cm³/mol. The molecular weight excluding hydrogens is 290 g/mol. The van der Waals surface area contributed by atoms with Crippen molar-refractivity contribution >= 4 is 23.2 Å². The van der Waals surface area contributed by atoms with Crippen LogP contribution in [0.25, 0.3) is 0 Å². The summed E-state index contributed by atoms with van der Waals surface area (Å²) >= 11 is 1.50. The van der Waals surface area contributed by atoms with Gasteiger partial charge in [0.25, 0.3) is 0 Å². The molecule has 6 heteroatoms. The highest BCUT2D eigenvalue weighted by atomic mass is 32.1. The summed E-state index contributed by atoms with van der Waals surface area (Å²) < 4.78 is 5.62. The Morgan fingerprint density at radius 1 is 1.38 bits per heavy atom. The molecule has 1 aliphatic heterocycles. The van der Waals surface area contributed by atoms with Gasteiger partial charge in [0.15, 0.2) is 0 Å². The Morgan fingerprint density at radius 2 is 2.05 bits per heavy atom. The molecule has 116 valence electrons. The maximum atomic E-state index is 12.5. The smallest absolute Gasteiger partial charge is 0.304 e. The predicted octanol–water partition coefficient (Wildman–Crippen LogP) is 2.33. The fraction of sp³-hybridized carbons (Fsp3) is 0.600. The molecule has 2 heterocycles. The van der Waals surface area contributed by atoms with E-state index in [0.717, 1.165) is 4.88 Å². The molecule has 0 aliphatic carbocycles. The van der Waals surface area contributed by atoms with Crippen LogP contribution < -0.4 is 0 Å². The van der Waals surface area contributed by atoms with Crippen LogP contribution in [0.4, 0.5) is 0 Å². The van der Waals surface area contributed by atoms with E-state index in [2.05, 4.69) is 0 Å². The topological polar surface area (TPSA) is 66.8 Å². The van der Waals surface area contributed by atoms with E-state index in [-0.39, 0.29) is 36.9 Å². The number of amides is 1. The lowest BCUT2D eigenvalue weighted by Gasteiger charge is -2.36. The molecular formula is C15H21NO4S. The van der Waals surface area contributed by atoms with Crippen LogP contribution in [-0.4, -0.2) is 47.2 Å². The summed E-state index contributed by atoms with van der Waals surface area (Å²) in [5.74, 6) is -1.11. The van der Waals surface area contributed by atoms with Crippen molar-refractivity contribution < 1.29 is 19.4 Å². The first kappa shape index (κ1) is 16.0. The fourth-order valence-corrected chi connectivity index (χ4v) is 3.56. The van der Waals surface area contributed by atoms with Gasteiger partial charge in [-0.3, -0.25) is 9.59 Å². The number of aliphatic carboxylic acids is 1. The van der Waals surface area contributed by atoms with Crippen LogP contribution in [0.1, 0.15) is 37.5 Å². The number of carbonyl (C=O) groups is 2. The largest absolute Gasteiger partial charge is 0.481 e. The highest BCUT2D eigenvalue weighted by Crippen LogP contribution is 2.29. The van der Waals surface area contributed by atoms with E-state index in [9.17, 15) is 9.59 Å². The zero-order chi connectivity index (χ0) is 15.4. The number of hydrogen-bond donors (Lipinski definition) is 1. The summed E-state index contributed by atoms with van der Waals surface area (Å²) in [6.45, 7) is 5.05. The van der Waals surface area contributed by atoms with Gasteiger partial charge in [0.2, 0.25) is 5.91 Å². The van der Waals surface area contributed by atoms with Crippen molar-refractivity contribution in [3.8, 4) is 0 Å². The van der Waals surface area contributed by atoms with Crippen molar-refractivity contribution in [1.82, 2.24) is 4.90 Å². The average Bonchev–Trinajstić information content (AvgIpc) is 2.89. The van der Waals surface area contributed by atoms with Gasteiger partial charge in [-0.15, -0.1) is 11.3 Å². The summed E-state index contributed by atoms with van der Waals surface area (Å²) in [7, 11) is 0. The van der Waals surface area contributed by atoms with Crippen LogP contribution >= 0.6 is 11.3 Å². The monoisotopic (exact) mass is 311 g/mol. The molecule has 0 unspecified atom stereocenters. The van der Waals surface area contributed by atoms with Gasteiger partial charge >= 0.3 is 5.97 Å². The molecule has 0 spiro atoms. The van der Waals surface area contributed by atoms with Crippen LogP contribution in [0.3, 0.4) is 0 Å². The summed E-state index contributed by atoms with van der Waals surface area (Å²) in [5.41, 5.74) is 0. The Labute approximate surface area is 128 Å². The van der Waals surface area contributed by atoms with Crippen molar-refractivity contribution in [1.29, 1.82) is 0 Å². The molecule has 1 aromatic rings. The molecule has 1 aliphatic rings. The number of morpholine rings is 1. The van der Waals surface area contributed by atoms with Crippen molar-refractivity contribution in [3.63, 3.8) is 0 Å². The molecule has 1 N–H and O–H groups in total. The molecule has 0 saturated carbocycles. The maximum Gasteiger partial charge on any atom is 0.304 e. The number of nitrogens with zero attached hydrogens (tertiary/aromatic N) is 1. The number of carbonyl (C=O) groups excluding carboxylic acids is 1. The van der Waals surface area contributed by atoms with E-state index < -0.39 is 5.97 Å². The lowest BCUT2D eigenvalue weighted by molar-refractivity contribution is -0.144. The van der Waals surface area contributed by atoms with Crippen LogP contribution in [0.15, 0.2) is 17.5 Å². The van der Waals surface area contributed by atoms with Crippen LogP contribution in [0, 0.1) is 0 Å². The van der Waals surface area contributed by atoms with Crippen molar-refractivity contribution in [2.24, 2.45) is 0 Å². The van der Waals surface area contributed by atoms with Crippen LogP contribution in [-0.2, 0) is 14.3 Å². The van der Waals surface area contributed by atoms with Crippen molar-refractivity contribution in [2.75, 3.05) is 13.1 Å². The minimum atomic E-state index is -0.870. The third kappa shape index (κ3) is 4.54. The molecule has 1 amide bonds. The van der Waals surface area contributed by atoms with Gasteiger partial charge in [-0.1, -0.05) is 6.07 Å². The summed E-state index contributed by atoms with van der Waals surface area (Å²) in [4.78, 5) is 26.2. The summed E-state index contributed by atoms with van der Waals surface area (Å²) in [6, 6.07) is 3.79. The first-order valence-corrected chi connectivity index (χ1v) is 8.02. The molecule has 0 bridgehead atoms. The lowest BCUT2D eigenvalue weighted by atomic mass is 9.98. The van der Waals surface area contributed by atoms with Gasteiger partial charge in [-0.05, 0) is 25.3 Å². The lowest BCUT2D eigenvalue weighted by Crippen LogP contribution is -2.48. The standard InChI is InChI=1S/C15H21NO4S/c1-10-8-16(9-11(2)20-10)14(17)6-12(7-15(18)19)13-4-3-5-21-13/h3-5,10-12H,6-9H2,1-2H3,(H,18,19)/t10-,11+,12-/m0/s1. The summed E-state index contributed by atoms with van der Waals surface area (Å²) in [6.07, 6.45) is 0.281. The molecule has 0 aromatic carbocycles. The molecule has 0 radical (unpaired) electrons. The molecule has 2 rings (SSSR count). The SMILES string of the molecule is C[C@@H]1CN(C(=O)C[C@@H](CC(=O)O)c2cccs2)C[C@H](C)O1. The second-order valence-electron chi connectivity index (χ2n) is 5.57. The van der Waals surface area contributed by atoms with E-state index in [1.165, 1.54) is 11.3 Å². The Hall–Kier alpha value is -1.40. The zero-order valence-corrected chi connectivity index (χ0v) is 13.1. The zero-order valence-electron chi connectivity index (χ0n) is 12.3. The van der Waals surface area contributed by atoms with Gasteiger partial charge in [-0.25, -0.2) is 0 Å².